The summed E-state index contributed by atoms with van der Waals surface area (Å²) >= 11 is 0. The van der Waals surface area contributed by atoms with Crippen molar-refractivity contribution in [3.8, 4) is 0 Å². The van der Waals surface area contributed by atoms with Gasteiger partial charge in [-0.05, 0) is 26.3 Å². The van der Waals surface area contributed by atoms with Crippen molar-refractivity contribution >= 4 is 5.97 Å². The van der Waals surface area contributed by atoms with Gasteiger partial charge in [-0.15, -0.1) is 0 Å². The molecule has 18 heavy (non-hydrogen) atoms. The molecule has 0 aliphatic carbocycles. The zero-order valence-electron chi connectivity index (χ0n) is 11.3. The predicted molar refractivity (Wildman–Crippen MR) is 73.4 cm³/mol. The van der Waals surface area contributed by atoms with E-state index in [1.165, 1.54) is 11.1 Å². The predicted octanol–water partition coefficient (Wildman–Crippen LogP) is 2.76. The molecule has 3 nitrogen and oxygen atoms in total. The highest BCUT2D eigenvalue weighted by Crippen LogP contribution is 2.13. The third kappa shape index (κ3) is 4.34. The number of carbonyl (C=O) groups is 1. The van der Waals surface area contributed by atoms with E-state index < -0.39 is 0 Å². The molecule has 3 heteroatoms. The summed E-state index contributed by atoms with van der Waals surface area (Å²) in [5.74, 6) is -0.332. The van der Waals surface area contributed by atoms with Gasteiger partial charge >= 0.3 is 5.97 Å². The van der Waals surface area contributed by atoms with Crippen molar-refractivity contribution in [2.45, 2.75) is 26.8 Å². The van der Waals surface area contributed by atoms with Gasteiger partial charge in [0.2, 0.25) is 0 Å². The first-order valence-electron chi connectivity index (χ1n) is 6.19. The van der Waals surface area contributed by atoms with Gasteiger partial charge in [-0.25, -0.2) is 4.79 Å². The van der Waals surface area contributed by atoms with E-state index in [9.17, 15) is 4.79 Å². The molecule has 1 N–H and O–H groups in total. The first-order valence-corrected chi connectivity index (χ1v) is 6.19. The standard InChI is InChI=1S/C15H21NO2/c1-5-18-15(17)12(3)10-16-13(4)14-8-6-7-11(2)9-14/h6-9,13,16H,3,5,10H2,1-2,4H3/t13-/m0/s1. The molecule has 1 aromatic rings. The van der Waals surface area contributed by atoms with Crippen LogP contribution in [-0.4, -0.2) is 19.1 Å². The van der Waals surface area contributed by atoms with Crippen molar-refractivity contribution in [2.24, 2.45) is 0 Å². The van der Waals surface area contributed by atoms with E-state index in [4.69, 9.17) is 4.74 Å². The van der Waals surface area contributed by atoms with E-state index in [0.717, 1.165) is 0 Å². The van der Waals surface area contributed by atoms with Crippen molar-refractivity contribution in [1.29, 1.82) is 0 Å². The van der Waals surface area contributed by atoms with E-state index >= 15 is 0 Å². The second kappa shape index (κ2) is 6.97. The lowest BCUT2D eigenvalue weighted by molar-refractivity contribution is -0.138. The summed E-state index contributed by atoms with van der Waals surface area (Å²) in [6.07, 6.45) is 0. The minimum absolute atomic E-state index is 0.177. The molecule has 0 aliphatic heterocycles. The molecule has 1 atom stereocenters. The topological polar surface area (TPSA) is 38.3 Å². The molecule has 98 valence electrons. The van der Waals surface area contributed by atoms with Gasteiger partial charge in [-0.2, -0.15) is 0 Å². The number of aryl methyl sites for hydroxylation is 1. The number of nitrogens with one attached hydrogen (secondary N) is 1. The number of benzene rings is 1. The van der Waals surface area contributed by atoms with Crippen LogP contribution in [0.3, 0.4) is 0 Å². The summed E-state index contributed by atoms with van der Waals surface area (Å²) in [6.45, 7) is 10.4. The van der Waals surface area contributed by atoms with Gasteiger partial charge in [0.15, 0.2) is 0 Å². The van der Waals surface area contributed by atoms with Gasteiger partial charge in [-0.3, -0.25) is 0 Å². The summed E-state index contributed by atoms with van der Waals surface area (Å²) in [5.41, 5.74) is 2.88. The van der Waals surface area contributed by atoms with Crippen LogP contribution in [-0.2, 0) is 9.53 Å². The Kier molecular flexibility index (Phi) is 5.59. The molecule has 0 fully saturated rings. The number of carbonyl (C=O) groups excluding carboxylic acids is 1. The van der Waals surface area contributed by atoms with E-state index in [2.05, 4.69) is 43.9 Å². The zero-order valence-corrected chi connectivity index (χ0v) is 11.3. The molecular weight excluding hydrogens is 226 g/mol. The Morgan fingerprint density at radius 3 is 2.83 bits per heavy atom. The Labute approximate surface area is 109 Å². The highest BCUT2D eigenvalue weighted by Gasteiger charge is 2.10. The molecule has 0 amide bonds. The summed E-state index contributed by atoms with van der Waals surface area (Å²) in [7, 11) is 0. The molecule has 0 heterocycles. The molecule has 0 radical (unpaired) electrons. The minimum atomic E-state index is -0.332. The smallest absolute Gasteiger partial charge is 0.334 e. The molecule has 1 rings (SSSR count). The lowest BCUT2D eigenvalue weighted by Crippen LogP contribution is -2.24. The first kappa shape index (κ1) is 14.5. The van der Waals surface area contributed by atoms with Gasteiger partial charge in [0.05, 0.1) is 6.61 Å². The number of hydrogen-bond donors (Lipinski definition) is 1. The Morgan fingerprint density at radius 2 is 2.22 bits per heavy atom. The SMILES string of the molecule is C=C(CN[C@@H](C)c1cccc(C)c1)C(=O)OCC. The maximum Gasteiger partial charge on any atom is 0.334 e. The minimum Gasteiger partial charge on any atom is -0.463 e. The van der Waals surface area contributed by atoms with Crippen LogP contribution in [0.5, 0.6) is 0 Å². The number of esters is 1. The maximum atomic E-state index is 11.4. The molecular formula is C15H21NO2. The summed E-state index contributed by atoms with van der Waals surface area (Å²) in [4.78, 5) is 11.4. The second-order valence-electron chi connectivity index (χ2n) is 4.34. The fraction of sp³-hybridized carbons (Fsp3) is 0.400. The third-order valence-electron chi connectivity index (χ3n) is 2.73. The molecule has 0 aromatic heterocycles. The van der Waals surface area contributed by atoms with Gasteiger partial charge in [0.1, 0.15) is 0 Å². The first-order chi connectivity index (χ1) is 8.54. The van der Waals surface area contributed by atoms with Gasteiger partial charge in [0.25, 0.3) is 0 Å². The van der Waals surface area contributed by atoms with Gasteiger partial charge < -0.3 is 10.1 Å². The van der Waals surface area contributed by atoms with Crippen LogP contribution in [0.25, 0.3) is 0 Å². The van der Waals surface area contributed by atoms with Crippen LogP contribution >= 0.6 is 0 Å². The van der Waals surface area contributed by atoms with Crippen molar-refractivity contribution < 1.29 is 9.53 Å². The highest BCUT2D eigenvalue weighted by molar-refractivity contribution is 5.88. The van der Waals surface area contributed by atoms with E-state index in [1.54, 1.807) is 6.92 Å². The molecule has 0 spiro atoms. The van der Waals surface area contributed by atoms with Crippen molar-refractivity contribution in [2.75, 3.05) is 13.2 Å². The Hall–Kier alpha value is -1.61. The average Bonchev–Trinajstić information content (AvgIpc) is 2.35. The van der Waals surface area contributed by atoms with Crippen molar-refractivity contribution in [1.82, 2.24) is 5.32 Å². The zero-order chi connectivity index (χ0) is 13.5. The molecule has 0 saturated heterocycles. The molecule has 0 saturated carbocycles. The third-order valence-corrected chi connectivity index (χ3v) is 2.73. The van der Waals surface area contributed by atoms with Gasteiger partial charge in [0, 0.05) is 18.2 Å². The van der Waals surface area contributed by atoms with Crippen LogP contribution in [0.4, 0.5) is 0 Å². The molecule has 0 bridgehead atoms. The summed E-state index contributed by atoms with van der Waals surface area (Å²) in [6, 6.07) is 8.47. The van der Waals surface area contributed by atoms with Crippen LogP contribution in [0.1, 0.15) is 31.0 Å². The highest BCUT2D eigenvalue weighted by atomic mass is 16.5. The van der Waals surface area contributed by atoms with Crippen LogP contribution in [0.2, 0.25) is 0 Å². The lowest BCUT2D eigenvalue weighted by Gasteiger charge is -2.15. The van der Waals surface area contributed by atoms with Crippen LogP contribution in [0.15, 0.2) is 36.4 Å². The number of ether oxygens (including phenoxy) is 1. The average molecular weight is 247 g/mol. The quantitative estimate of drug-likeness (QED) is 0.620. The largest absolute Gasteiger partial charge is 0.463 e. The second-order valence-corrected chi connectivity index (χ2v) is 4.34. The fourth-order valence-corrected chi connectivity index (χ4v) is 1.64. The van der Waals surface area contributed by atoms with Crippen molar-refractivity contribution in [3.05, 3.63) is 47.5 Å². The Balaban J connectivity index is 2.48. The van der Waals surface area contributed by atoms with E-state index in [1.807, 2.05) is 6.07 Å². The fourth-order valence-electron chi connectivity index (χ4n) is 1.64. The van der Waals surface area contributed by atoms with Crippen molar-refractivity contribution in [3.63, 3.8) is 0 Å². The normalized spacial score (nSPS) is 11.9. The number of rotatable bonds is 6. The molecule has 0 unspecified atom stereocenters. The number of hydrogen-bond acceptors (Lipinski definition) is 3. The monoisotopic (exact) mass is 247 g/mol. The Morgan fingerprint density at radius 1 is 1.50 bits per heavy atom. The molecule has 0 aliphatic rings. The summed E-state index contributed by atoms with van der Waals surface area (Å²) in [5, 5.41) is 3.26. The Bertz CT molecular complexity index is 426. The molecule has 1 aromatic carbocycles. The van der Waals surface area contributed by atoms with Crippen LogP contribution in [0, 0.1) is 6.92 Å². The summed E-state index contributed by atoms with van der Waals surface area (Å²) < 4.78 is 4.88. The van der Waals surface area contributed by atoms with Crippen LogP contribution < -0.4 is 5.32 Å². The van der Waals surface area contributed by atoms with E-state index in [-0.39, 0.29) is 12.0 Å². The van der Waals surface area contributed by atoms with E-state index in [0.29, 0.717) is 18.7 Å². The lowest BCUT2D eigenvalue weighted by atomic mass is 10.1. The van der Waals surface area contributed by atoms with Gasteiger partial charge in [-0.1, -0.05) is 36.4 Å². The maximum absolute atomic E-state index is 11.4.